The molecule has 0 aliphatic carbocycles. The van der Waals surface area contributed by atoms with Gasteiger partial charge in [0.2, 0.25) is 5.91 Å². The number of carbonyl (C=O) groups is 3. The van der Waals surface area contributed by atoms with E-state index in [-0.39, 0.29) is 25.0 Å². The van der Waals surface area contributed by atoms with Gasteiger partial charge in [0.25, 0.3) is 5.91 Å². The smallest absolute Gasteiger partial charge is 0.338 e. The molecular formula is C21H24N2O6. The molecule has 0 saturated carbocycles. The van der Waals surface area contributed by atoms with Crippen molar-refractivity contribution in [2.75, 3.05) is 39.2 Å². The normalized spacial score (nSPS) is 10.0. The fourth-order valence-corrected chi connectivity index (χ4v) is 2.36. The fraction of sp³-hybridized carbons (Fsp3) is 0.286. The summed E-state index contributed by atoms with van der Waals surface area (Å²) < 4.78 is 15.4. The highest BCUT2D eigenvalue weighted by atomic mass is 16.5. The third-order valence-corrected chi connectivity index (χ3v) is 3.89. The predicted molar refractivity (Wildman–Crippen MR) is 107 cm³/mol. The van der Waals surface area contributed by atoms with Gasteiger partial charge < -0.3 is 24.4 Å². The highest BCUT2D eigenvalue weighted by Crippen LogP contribution is 2.16. The number of hydrogen-bond donors (Lipinski definition) is 1. The predicted octanol–water partition coefficient (Wildman–Crippen LogP) is 2.35. The Morgan fingerprint density at radius 1 is 1.03 bits per heavy atom. The van der Waals surface area contributed by atoms with Gasteiger partial charge in [0.15, 0.2) is 6.61 Å². The Morgan fingerprint density at radius 3 is 2.41 bits per heavy atom. The van der Waals surface area contributed by atoms with E-state index in [1.807, 2.05) is 0 Å². The van der Waals surface area contributed by atoms with Crippen LogP contribution in [0.1, 0.15) is 17.3 Å². The van der Waals surface area contributed by atoms with E-state index in [1.54, 1.807) is 55.5 Å². The zero-order valence-corrected chi connectivity index (χ0v) is 16.6. The van der Waals surface area contributed by atoms with Crippen LogP contribution in [0.5, 0.6) is 11.5 Å². The molecule has 2 amide bonds. The summed E-state index contributed by atoms with van der Waals surface area (Å²) in [6, 6.07) is 13.2. The molecule has 0 radical (unpaired) electrons. The molecule has 2 rings (SSSR count). The van der Waals surface area contributed by atoms with Crippen molar-refractivity contribution >= 4 is 23.5 Å². The monoisotopic (exact) mass is 400 g/mol. The molecule has 2 aromatic rings. The van der Waals surface area contributed by atoms with Gasteiger partial charge in [0.1, 0.15) is 11.5 Å². The van der Waals surface area contributed by atoms with Crippen molar-refractivity contribution in [3.8, 4) is 11.5 Å². The third-order valence-electron chi connectivity index (χ3n) is 3.89. The van der Waals surface area contributed by atoms with Crippen LogP contribution in [0.2, 0.25) is 0 Å². The number of likely N-dealkylation sites (N-methyl/N-ethyl adjacent to an activating group) is 1. The molecule has 0 bridgehead atoms. The van der Waals surface area contributed by atoms with Crippen molar-refractivity contribution in [2.24, 2.45) is 0 Å². The van der Waals surface area contributed by atoms with Crippen molar-refractivity contribution in [1.29, 1.82) is 0 Å². The van der Waals surface area contributed by atoms with Crippen molar-refractivity contribution in [1.82, 2.24) is 4.90 Å². The summed E-state index contributed by atoms with van der Waals surface area (Å²) in [5.41, 5.74) is 0.977. The van der Waals surface area contributed by atoms with Gasteiger partial charge in [-0.3, -0.25) is 9.59 Å². The van der Waals surface area contributed by atoms with Crippen molar-refractivity contribution < 1.29 is 28.6 Å². The molecule has 8 nitrogen and oxygen atoms in total. The van der Waals surface area contributed by atoms with Crippen LogP contribution in [0.4, 0.5) is 5.69 Å². The van der Waals surface area contributed by atoms with E-state index in [0.717, 1.165) is 0 Å². The number of hydrogen-bond acceptors (Lipinski definition) is 6. The second-order valence-electron chi connectivity index (χ2n) is 6.06. The van der Waals surface area contributed by atoms with Crippen LogP contribution in [0.3, 0.4) is 0 Å². The van der Waals surface area contributed by atoms with Gasteiger partial charge in [-0.05, 0) is 43.3 Å². The number of rotatable bonds is 9. The first-order valence-electron chi connectivity index (χ1n) is 9.00. The summed E-state index contributed by atoms with van der Waals surface area (Å²) in [7, 11) is 3.05. The zero-order chi connectivity index (χ0) is 21.2. The number of benzene rings is 2. The van der Waals surface area contributed by atoms with Gasteiger partial charge in [-0.15, -0.1) is 0 Å². The number of anilines is 1. The maximum absolute atomic E-state index is 12.2. The molecule has 8 heteroatoms. The first-order valence-corrected chi connectivity index (χ1v) is 9.00. The van der Waals surface area contributed by atoms with Gasteiger partial charge in [-0.2, -0.15) is 0 Å². The van der Waals surface area contributed by atoms with E-state index in [9.17, 15) is 14.4 Å². The van der Waals surface area contributed by atoms with E-state index < -0.39 is 5.97 Å². The Morgan fingerprint density at radius 2 is 1.76 bits per heavy atom. The maximum atomic E-state index is 12.2. The van der Waals surface area contributed by atoms with E-state index in [0.29, 0.717) is 29.4 Å². The molecule has 0 atom stereocenters. The topological polar surface area (TPSA) is 94.2 Å². The van der Waals surface area contributed by atoms with Gasteiger partial charge in [-0.1, -0.05) is 6.07 Å². The van der Waals surface area contributed by atoms with Crippen LogP contribution in [-0.2, 0) is 14.3 Å². The molecule has 0 aliphatic rings. The summed E-state index contributed by atoms with van der Waals surface area (Å²) in [6.45, 7) is 1.67. The Kier molecular flexibility index (Phi) is 8.02. The SMILES string of the molecule is CCOC(=O)c1ccc(OCC(=O)N(C)CC(=O)Nc2cccc(OC)c2)cc1. The Labute approximate surface area is 169 Å². The largest absolute Gasteiger partial charge is 0.497 e. The van der Waals surface area contributed by atoms with E-state index in [2.05, 4.69) is 5.32 Å². The van der Waals surface area contributed by atoms with E-state index in [1.165, 1.54) is 19.1 Å². The van der Waals surface area contributed by atoms with Crippen molar-refractivity contribution in [3.63, 3.8) is 0 Å². The number of methoxy groups -OCH3 is 1. The average molecular weight is 400 g/mol. The highest BCUT2D eigenvalue weighted by Gasteiger charge is 2.14. The molecule has 0 spiro atoms. The van der Waals surface area contributed by atoms with Crippen LogP contribution in [0.25, 0.3) is 0 Å². The average Bonchev–Trinajstić information content (AvgIpc) is 2.72. The summed E-state index contributed by atoms with van der Waals surface area (Å²) in [5.74, 6) is -0.0692. The summed E-state index contributed by atoms with van der Waals surface area (Å²) in [4.78, 5) is 37.2. The third kappa shape index (κ3) is 6.84. The lowest BCUT2D eigenvalue weighted by Gasteiger charge is -2.17. The first kappa shape index (κ1) is 21.7. The first-order chi connectivity index (χ1) is 13.9. The zero-order valence-electron chi connectivity index (χ0n) is 16.6. The summed E-state index contributed by atoms with van der Waals surface area (Å²) in [6.07, 6.45) is 0. The Balaban J connectivity index is 1.80. The van der Waals surface area contributed by atoms with Crippen molar-refractivity contribution in [3.05, 3.63) is 54.1 Å². The summed E-state index contributed by atoms with van der Waals surface area (Å²) >= 11 is 0. The number of ether oxygens (including phenoxy) is 3. The number of carbonyl (C=O) groups excluding carboxylic acids is 3. The number of esters is 1. The van der Waals surface area contributed by atoms with Crippen LogP contribution < -0.4 is 14.8 Å². The molecule has 0 heterocycles. The Bertz CT molecular complexity index is 851. The molecule has 154 valence electrons. The van der Waals surface area contributed by atoms with E-state index >= 15 is 0 Å². The van der Waals surface area contributed by atoms with Gasteiger partial charge in [-0.25, -0.2) is 4.79 Å². The molecule has 2 aromatic carbocycles. The van der Waals surface area contributed by atoms with Crippen molar-refractivity contribution in [2.45, 2.75) is 6.92 Å². The van der Waals surface area contributed by atoms with Gasteiger partial charge >= 0.3 is 5.97 Å². The standard InChI is InChI=1S/C21H24N2O6/c1-4-28-21(26)15-8-10-17(11-9-15)29-14-20(25)23(2)13-19(24)22-16-6-5-7-18(12-16)27-3/h5-12H,4,13-14H2,1-3H3,(H,22,24). The molecule has 0 saturated heterocycles. The lowest BCUT2D eigenvalue weighted by atomic mass is 10.2. The highest BCUT2D eigenvalue weighted by molar-refractivity contribution is 5.94. The van der Waals surface area contributed by atoms with Gasteiger partial charge in [0.05, 0.1) is 25.8 Å². The molecule has 0 aliphatic heterocycles. The van der Waals surface area contributed by atoms with Crippen LogP contribution in [0, 0.1) is 0 Å². The van der Waals surface area contributed by atoms with Crippen LogP contribution >= 0.6 is 0 Å². The molecule has 0 aromatic heterocycles. The minimum atomic E-state index is -0.420. The number of nitrogens with one attached hydrogen (secondary N) is 1. The number of amides is 2. The minimum Gasteiger partial charge on any atom is -0.497 e. The number of nitrogens with zero attached hydrogens (tertiary/aromatic N) is 1. The maximum Gasteiger partial charge on any atom is 0.338 e. The van der Waals surface area contributed by atoms with Crippen LogP contribution in [0.15, 0.2) is 48.5 Å². The molecule has 1 N–H and O–H groups in total. The molecule has 0 fully saturated rings. The Hall–Kier alpha value is -3.55. The molecule has 0 unspecified atom stereocenters. The fourth-order valence-electron chi connectivity index (χ4n) is 2.36. The van der Waals surface area contributed by atoms with Crippen LogP contribution in [-0.4, -0.2) is 56.6 Å². The second-order valence-corrected chi connectivity index (χ2v) is 6.06. The van der Waals surface area contributed by atoms with E-state index in [4.69, 9.17) is 14.2 Å². The molecular weight excluding hydrogens is 376 g/mol. The summed E-state index contributed by atoms with van der Waals surface area (Å²) in [5, 5.41) is 2.71. The lowest BCUT2D eigenvalue weighted by Crippen LogP contribution is -2.37. The molecule has 29 heavy (non-hydrogen) atoms. The quantitative estimate of drug-likeness (QED) is 0.650. The van der Waals surface area contributed by atoms with Gasteiger partial charge in [0, 0.05) is 18.8 Å². The minimum absolute atomic E-state index is 0.124. The lowest BCUT2D eigenvalue weighted by molar-refractivity contribution is -0.135. The second kappa shape index (κ2) is 10.7.